The number of halogens is 2. The van der Waals surface area contributed by atoms with E-state index in [9.17, 15) is 18.0 Å². The Morgan fingerprint density at radius 3 is 2.27 bits per heavy atom. The molecular formula is C30H35BrClN3O4S. The Morgan fingerprint density at radius 1 is 1.00 bits per heavy atom. The molecule has 2 atom stereocenters. The SMILES string of the molecule is CC[C@@H](C)NC(=O)[C@@H](Cc1ccccc1)N(Cc1cccc(Br)c1)C(=O)CN(c1ccc(C)c(Cl)c1)S(C)(=O)=O. The van der Waals surface area contributed by atoms with Gasteiger partial charge in [-0.2, -0.15) is 0 Å². The van der Waals surface area contributed by atoms with Gasteiger partial charge in [-0.15, -0.1) is 0 Å². The maximum Gasteiger partial charge on any atom is 0.244 e. The zero-order valence-corrected chi connectivity index (χ0v) is 26.3. The van der Waals surface area contributed by atoms with Crippen LogP contribution in [0, 0.1) is 6.92 Å². The molecule has 0 bridgehead atoms. The molecule has 0 aliphatic carbocycles. The van der Waals surface area contributed by atoms with Gasteiger partial charge >= 0.3 is 0 Å². The molecule has 0 radical (unpaired) electrons. The first-order valence-corrected chi connectivity index (χ1v) is 16.0. The fraction of sp³-hybridized carbons (Fsp3) is 0.333. The molecule has 0 fully saturated rings. The number of hydrogen-bond donors (Lipinski definition) is 1. The van der Waals surface area contributed by atoms with Crippen molar-refractivity contribution in [1.82, 2.24) is 10.2 Å². The third kappa shape index (κ3) is 8.81. The standard InChI is InChI=1S/C30H35BrClN3O4S/c1-5-22(3)33-30(37)28(17-23-10-7-6-8-11-23)34(19-24-12-9-13-25(31)16-24)29(36)20-35(40(4,38)39)26-15-14-21(2)27(32)18-26/h6-16,18,22,28H,5,17,19-20H2,1-4H3,(H,33,37)/t22-,28-/m1/s1. The summed E-state index contributed by atoms with van der Waals surface area (Å²) in [6.07, 6.45) is 2.03. The van der Waals surface area contributed by atoms with Crippen molar-refractivity contribution in [2.45, 2.75) is 52.2 Å². The Morgan fingerprint density at radius 2 is 1.68 bits per heavy atom. The molecule has 0 aromatic heterocycles. The molecule has 0 spiro atoms. The summed E-state index contributed by atoms with van der Waals surface area (Å²) >= 11 is 9.78. The van der Waals surface area contributed by atoms with E-state index in [4.69, 9.17) is 11.6 Å². The molecule has 3 aromatic rings. The average molecular weight is 649 g/mol. The maximum atomic E-state index is 14.1. The minimum absolute atomic E-state index is 0.101. The van der Waals surface area contributed by atoms with Crippen LogP contribution in [0.3, 0.4) is 0 Å². The zero-order chi connectivity index (χ0) is 29.4. The van der Waals surface area contributed by atoms with Crippen LogP contribution < -0.4 is 9.62 Å². The number of anilines is 1. The number of hydrogen-bond acceptors (Lipinski definition) is 4. The van der Waals surface area contributed by atoms with Crippen molar-refractivity contribution in [1.29, 1.82) is 0 Å². The van der Waals surface area contributed by atoms with Gasteiger partial charge in [-0.3, -0.25) is 13.9 Å². The number of rotatable bonds is 12. The molecule has 214 valence electrons. The highest BCUT2D eigenvalue weighted by atomic mass is 79.9. The van der Waals surface area contributed by atoms with Crippen molar-refractivity contribution in [3.63, 3.8) is 0 Å². The summed E-state index contributed by atoms with van der Waals surface area (Å²) in [5, 5.41) is 3.41. The topological polar surface area (TPSA) is 86.8 Å². The Kier molecular flexibility index (Phi) is 11.2. The predicted octanol–water partition coefficient (Wildman–Crippen LogP) is 5.73. The van der Waals surface area contributed by atoms with Crippen molar-refractivity contribution in [2.75, 3.05) is 17.1 Å². The van der Waals surface area contributed by atoms with Crippen LogP contribution in [0.1, 0.15) is 37.0 Å². The van der Waals surface area contributed by atoms with E-state index in [1.54, 1.807) is 12.1 Å². The number of nitrogens with one attached hydrogen (secondary N) is 1. The molecule has 0 saturated carbocycles. The number of nitrogens with zero attached hydrogens (tertiary/aromatic N) is 2. The normalized spacial score (nSPS) is 12.8. The van der Waals surface area contributed by atoms with Crippen LogP contribution in [0.2, 0.25) is 5.02 Å². The van der Waals surface area contributed by atoms with Crippen LogP contribution in [-0.4, -0.2) is 50.0 Å². The van der Waals surface area contributed by atoms with E-state index in [1.807, 2.05) is 75.4 Å². The third-order valence-electron chi connectivity index (χ3n) is 6.64. The second kappa shape index (κ2) is 14.1. The van der Waals surface area contributed by atoms with E-state index in [0.29, 0.717) is 5.02 Å². The number of aryl methyl sites for hydroxylation is 1. The van der Waals surface area contributed by atoms with Crippen molar-refractivity contribution < 1.29 is 18.0 Å². The molecule has 0 aliphatic rings. The van der Waals surface area contributed by atoms with E-state index in [1.165, 1.54) is 11.0 Å². The van der Waals surface area contributed by atoms with Gasteiger partial charge in [0.2, 0.25) is 21.8 Å². The van der Waals surface area contributed by atoms with Crippen molar-refractivity contribution in [3.8, 4) is 0 Å². The molecule has 3 rings (SSSR count). The van der Waals surface area contributed by atoms with Gasteiger partial charge in [-0.25, -0.2) is 8.42 Å². The third-order valence-corrected chi connectivity index (χ3v) is 8.68. The first kappa shape index (κ1) is 31.6. The van der Waals surface area contributed by atoms with Gasteiger partial charge in [-0.05, 0) is 61.2 Å². The Labute approximate surface area is 250 Å². The van der Waals surface area contributed by atoms with Crippen molar-refractivity contribution >= 4 is 55.1 Å². The quantitative estimate of drug-likeness (QED) is 0.272. The largest absolute Gasteiger partial charge is 0.352 e. The minimum atomic E-state index is -3.86. The monoisotopic (exact) mass is 647 g/mol. The number of carbonyl (C=O) groups is 2. The number of benzene rings is 3. The lowest BCUT2D eigenvalue weighted by Gasteiger charge is -2.34. The summed E-state index contributed by atoms with van der Waals surface area (Å²) < 4.78 is 27.6. The van der Waals surface area contributed by atoms with E-state index in [2.05, 4.69) is 21.2 Å². The van der Waals surface area contributed by atoms with Crippen LogP contribution in [0.4, 0.5) is 5.69 Å². The minimum Gasteiger partial charge on any atom is -0.352 e. The molecule has 40 heavy (non-hydrogen) atoms. The van der Waals surface area contributed by atoms with Gasteiger partial charge < -0.3 is 10.2 Å². The first-order chi connectivity index (χ1) is 18.9. The molecule has 0 aliphatic heterocycles. The summed E-state index contributed by atoms with van der Waals surface area (Å²) in [7, 11) is -3.86. The van der Waals surface area contributed by atoms with Crippen molar-refractivity contribution in [2.24, 2.45) is 0 Å². The first-order valence-electron chi connectivity index (χ1n) is 13.0. The second-order valence-corrected chi connectivity index (χ2v) is 13.1. The Balaban J connectivity index is 2.07. The number of amides is 2. The molecule has 2 amide bonds. The van der Waals surface area contributed by atoms with Crippen LogP contribution in [-0.2, 0) is 32.6 Å². The van der Waals surface area contributed by atoms with E-state index in [0.717, 1.165) is 38.1 Å². The predicted molar refractivity (Wildman–Crippen MR) is 165 cm³/mol. The van der Waals surface area contributed by atoms with E-state index >= 15 is 0 Å². The van der Waals surface area contributed by atoms with Gasteiger partial charge in [0.1, 0.15) is 12.6 Å². The molecule has 7 nitrogen and oxygen atoms in total. The second-order valence-electron chi connectivity index (χ2n) is 9.88. The van der Waals surface area contributed by atoms with Crippen LogP contribution in [0.25, 0.3) is 0 Å². The summed E-state index contributed by atoms with van der Waals surface area (Å²) in [5.41, 5.74) is 2.73. The maximum absolute atomic E-state index is 14.1. The highest BCUT2D eigenvalue weighted by Gasteiger charge is 2.33. The van der Waals surface area contributed by atoms with Crippen molar-refractivity contribution in [3.05, 3.63) is 99.0 Å². The van der Waals surface area contributed by atoms with Gasteiger partial charge in [0.05, 0.1) is 11.9 Å². The number of carbonyl (C=O) groups excluding carboxylic acids is 2. The fourth-order valence-electron chi connectivity index (χ4n) is 4.18. The van der Waals surface area contributed by atoms with Crippen LogP contribution in [0.15, 0.2) is 77.3 Å². The molecular weight excluding hydrogens is 614 g/mol. The Hall–Kier alpha value is -2.88. The molecule has 0 heterocycles. The summed E-state index contributed by atoms with van der Waals surface area (Å²) in [5.74, 6) is -0.812. The molecule has 0 unspecified atom stereocenters. The van der Waals surface area contributed by atoms with Crippen LogP contribution in [0.5, 0.6) is 0 Å². The van der Waals surface area contributed by atoms with Gasteiger partial charge in [-0.1, -0.05) is 83.0 Å². The lowest BCUT2D eigenvalue weighted by Crippen LogP contribution is -2.54. The Bertz CT molecular complexity index is 1440. The van der Waals surface area contributed by atoms with E-state index < -0.39 is 28.5 Å². The summed E-state index contributed by atoms with van der Waals surface area (Å²) in [6.45, 7) is 5.30. The highest BCUT2D eigenvalue weighted by molar-refractivity contribution is 9.10. The molecule has 1 N–H and O–H groups in total. The van der Waals surface area contributed by atoms with Crippen LogP contribution >= 0.6 is 27.5 Å². The molecule has 10 heteroatoms. The average Bonchev–Trinajstić information content (AvgIpc) is 2.90. The molecule has 3 aromatic carbocycles. The van der Waals surface area contributed by atoms with Gasteiger partial charge in [0.15, 0.2) is 0 Å². The fourth-order valence-corrected chi connectivity index (χ4v) is 5.64. The van der Waals surface area contributed by atoms with E-state index in [-0.39, 0.29) is 30.6 Å². The highest BCUT2D eigenvalue weighted by Crippen LogP contribution is 2.26. The number of sulfonamides is 1. The lowest BCUT2D eigenvalue weighted by molar-refractivity contribution is -0.140. The smallest absolute Gasteiger partial charge is 0.244 e. The summed E-state index contributed by atoms with van der Waals surface area (Å²) in [6, 6.07) is 20.8. The van der Waals surface area contributed by atoms with Gasteiger partial charge in [0.25, 0.3) is 0 Å². The van der Waals surface area contributed by atoms with Gasteiger partial charge in [0, 0.05) is 28.5 Å². The lowest BCUT2D eigenvalue weighted by atomic mass is 10.0. The summed E-state index contributed by atoms with van der Waals surface area (Å²) in [4.78, 5) is 29.3. The molecule has 0 saturated heterocycles. The zero-order valence-electron chi connectivity index (χ0n) is 23.1.